The fraction of sp³-hybridized carbons (Fsp3) is 0.278. The van der Waals surface area contributed by atoms with Gasteiger partial charge in [0.05, 0.1) is 0 Å². The monoisotopic (exact) mass is 349 g/mol. The molecule has 2 aromatic carbocycles. The van der Waals surface area contributed by atoms with Crippen molar-refractivity contribution < 1.29 is 19.4 Å². The van der Waals surface area contributed by atoms with Crippen molar-refractivity contribution in [1.29, 1.82) is 0 Å². The van der Waals surface area contributed by atoms with E-state index in [1.54, 1.807) is 62.4 Å². The minimum absolute atomic E-state index is 0.404. The number of halogens is 1. The normalized spacial score (nSPS) is 12.4. The first-order chi connectivity index (χ1) is 11.3. The number of nitrogens with one attached hydrogen (secondary N) is 1. The van der Waals surface area contributed by atoms with Crippen molar-refractivity contribution in [3.8, 4) is 17.2 Å². The Labute approximate surface area is 146 Å². The molecule has 1 amide bonds. The Balaban J connectivity index is 2.01. The van der Waals surface area contributed by atoms with Crippen LogP contribution in [-0.2, 0) is 4.79 Å². The molecule has 6 heteroatoms. The number of carbonyl (C=O) groups excluding carboxylic acids is 1. The molecule has 0 aromatic heterocycles. The van der Waals surface area contributed by atoms with Crippen LogP contribution in [0.4, 0.5) is 0 Å². The average Bonchev–Trinajstić information content (AvgIpc) is 2.50. The Morgan fingerprint density at radius 1 is 1.04 bits per heavy atom. The molecule has 0 fully saturated rings. The third kappa shape index (κ3) is 5.15. The Morgan fingerprint density at radius 2 is 1.50 bits per heavy atom. The zero-order valence-electron chi connectivity index (χ0n) is 13.7. The summed E-state index contributed by atoms with van der Waals surface area (Å²) in [5.74, 6) is 1.42. The van der Waals surface area contributed by atoms with Crippen molar-refractivity contribution in [2.45, 2.75) is 32.6 Å². The number of hydrogen-bond acceptors (Lipinski definition) is 4. The topological polar surface area (TPSA) is 67.8 Å². The summed E-state index contributed by atoms with van der Waals surface area (Å²) in [6.45, 7) is 4.72. The predicted octanol–water partition coefficient (Wildman–Crippen LogP) is 3.74. The standard InChI is InChI=1S/C18H20ClNO4/c1-12(21)20-17(22)18(2,3)24-16-10-8-15(9-11-16)23-14-6-4-13(19)5-7-14/h4-12,21H,1-3H3,(H,20,22). The summed E-state index contributed by atoms with van der Waals surface area (Å²) in [6, 6.07) is 14.0. The van der Waals surface area contributed by atoms with Gasteiger partial charge in [-0.25, -0.2) is 0 Å². The molecule has 0 aliphatic rings. The van der Waals surface area contributed by atoms with Crippen LogP contribution in [0.5, 0.6) is 17.2 Å². The first kappa shape index (κ1) is 18.1. The largest absolute Gasteiger partial charge is 0.478 e. The highest BCUT2D eigenvalue weighted by molar-refractivity contribution is 6.30. The smallest absolute Gasteiger partial charge is 0.265 e. The van der Waals surface area contributed by atoms with Crippen LogP contribution in [0, 0.1) is 0 Å². The van der Waals surface area contributed by atoms with E-state index in [9.17, 15) is 9.90 Å². The third-order valence-electron chi connectivity index (χ3n) is 3.13. The second-order valence-electron chi connectivity index (χ2n) is 5.79. The van der Waals surface area contributed by atoms with Gasteiger partial charge in [-0.05, 0) is 69.3 Å². The maximum absolute atomic E-state index is 12.0. The molecule has 1 unspecified atom stereocenters. The van der Waals surface area contributed by atoms with E-state index < -0.39 is 17.7 Å². The SMILES string of the molecule is CC(O)NC(=O)C(C)(C)Oc1ccc(Oc2ccc(Cl)cc2)cc1. The molecule has 2 N–H and O–H groups in total. The molecule has 0 radical (unpaired) electrons. The molecule has 24 heavy (non-hydrogen) atoms. The highest BCUT2D eigenvalue weighted by Gasteiger charge is 2.30. The highest BCUT2D eigenvalue weighted by atomic mass is 35.5. The van der Waals surface area contributed by atoms with E-state index >= 15 is 0 Å². The number of ether oxygens (including phenoxy) is 2. The number of hydrogen-bond donors (Lipinski definition) is 2. The Morgan fingerprint density at radius 3 is 2.00 bits per heavy atom. The van der Waals surface area contributed by atoms with Crippen LogP contribution in [0.1, 0.15) is 20.8 Å². The van der Waals surface area contributed by atoms with E-state index in [-0.39, 0.29) is 0 Å². The molecule has 0 saturated heterocycles. The molecule has 0 saturated carbocycles. The molecule has 128 valence electrons. The van der Waals surface area contributed by atoms with Crippen molar-refractivity contribution in [3.05, 3.63) is 53.6 Å². The third-order valence-corrected chi connectivity index (χ3v) is 3.38. The molecular weight excluding hydrogens is 330 g/mol. The molecule has 0 heterocycles. The predicted molar refractivity (Wildman–Crippen MR) is 92.5 cm³/mol. The Bertz CT molecular complexity index is 681. The van der Waals surface area contributed by atoms with Gasteiger partial charge in [0.15, 0.2) is 5.60 Å². The van der Waals surface area contributed by atoms with Gasteiger partial charge in [-0.2, -0.15) is 0 Å². The first-order valence-electron chi connectivity index (χ1n) is 7.48. The number of carbonyl (C=O) groups is 1. The van der Waals surface area contributed by atoms with Crippen molar-refractivity contribution in [3.63, 3.8) is 0 Å². The van der Waals surface area contributed by atoms with Gasteiger partial charge in [-0.15, -0.1) is 0 Å². The van der Waals surface area contributed by atoms with Gasteiger partial charge in [-0.1, -0.05) is 11.6 Å². The molecule has 0 spiro atoms. The van der Waals surface area contributed by atoms with Crippen LogP contribution < -0.4 is 14.8 Å². The Kier molecular flexibility index (Phi) is 5.70. The number of aliphatic hydroxyl groups excluding tert-OH is 1. The summed E-state index contributed by atoms with van der Waals surface area (Å²) >= 11 is 5.83. The summed E-state index contributed by atoms with van der Waals surface area (Å²) in [6.07, 6.45) is -0.935. The van der Waals surface area contributed by atoms with Crippen LogP contribution >= 0.6 is 11.6 Å². The van der Waals surface area contributed by atoms with Crippen molar-refractivity contribution in [2.24, 2.45) is 0 Å². The van der Waals surface area contributed by atoms with Gasteiger partial charge in [-0.3, -0.25) is 4.79 Å². The lowest BCUT2D eigenvalue weighted by atomic mass is 10.1. The summed E-state index contributed by atoms with van der Waals surface area (Å²) < 4.78 is 11.4. The van der Waals surface area contributed by atoms with E-state index in [1.807, 2.05) is 0 Å². The summed E-state index contributed by atoms with van der Waals surface area (Å²) in [4.78, 5) is 12.0. The minimum Gasteiger partial charge on any atom is -0.478 e. The van der Waals surface area contributed by atoms with Gasteiger partial charge in [0.25, 0.3) is 5.91 Å². The van der Waals surface area contributed by atoms with Crippen LogP contribution in [-0.4, -0.2) is 22.8 Å². The van der Waals surface area contributed by atoms with Crippen LogP contribution in [0.25, 0.3) is 0 Å². The summed E-state index contributed by atoms with van der Waals surface area (Å²) in [7, 11) is 0. The quantitative estimate of drug-likeness (QED) is 0.779. The second kappa shape index (κ2) is 7.55. The van der Waals surface area contributed by atoms with Gasteiger partial charge < -0.3 is 19.9 Å². The number of aliphatic hydroxyl groups is 1. The number of rotatable bonds is 6. The van der Waals surface area contributed by atoms with Crippen molar-refractivity contribution in [2.75, 3.05) is 0 Å². The van der Waals surface area contributed by atoms with E-state index in [4.69, 9.17) is 21.1 Å². The van der Waals surface area contributed by atoms with Crippen LogP contribution in [0.15, 0.2) is 48.5 Å². The summed E-state index contributed by atoms with van der Waals surface area (Å²) in [5.41, 5.74) is -1.12. The Hall–Kier alpha value is -2.24. The summed E-state index contributed by atoms with van der Waals surface area (Å²) in [5, 5.41) is 12.3. The zero-order chi connectivity index (χ0) is 17.7. The maximum atomic E-state index is 12.0. The minimum atomic E-state index is -1.12. The molecule has 2 rings (SSSR count). The maximum Gasteiger partial charge on any atom is 0.265 e. The molecule has 2 aromatic rings. The molecule has 5 nitrogen and oxygen atoms in total. The van der Waals surface area contributed by atoms with E-state index in [1.165, 1.54) is 6.92 Å². The lowest BCUT2D eigenvalue weighted by Gasteiger charge is -2.26. The fourth-order valence-electron chi connectivity index (χ4n) is 1.92. The zero-order valence-corrected chi connectivity index (χ0v) is 14.5. The average molecular weight is 350 g/mol. The van der Waals surface area contributed by atoms with Gasteiger partial charge in [0, 0.05) is 5.02 Å². The number of benzene rings is 2. The molecule has 0 bridgehead atoms. The van der Waals surface area contributed by atoms with Gasteiger partial charge in [0.1, 0.15) is 23.5 Å². The van der Waals surface area contributed by atoms with E-state index in [0.717, 1.165) is 0 Å². The highest BCUT2D eigenvalue weighted by Crippen LogP contribution is 2.26. The van der Waals surface area contributed by atoms with Crippen LogP contribution in [0.2, 0.25) is 5.02 Å². The van der Waals surface area contributed by atoms with Gasteiger partial charge in [0.2, 0.25) is 0 Å². The van der Waals surface area contributed by atoms with Crippen molar-refractivity contribution in [1.82, 2.24) is 5.32 Å². The lowest BCUT2D eigenvalue weighted by molar-refractivity contribution is -0.137. The molecule has 0 aliphatic heterocycles. The van der Waals surface area contributed by atoms with Crippen molar-refractivity contribution >= 4 is 17.5 Å². The molecule has 1 atom stereocenters. The fourth-order valence-corrected chi connectivity index (χ4v) is 2.04. The number of amides is 1. The molecule has 0 aliphatic carbocycles. The molecular formula is C18H20ClNO4. The first-order valence-corrected chi connectivity index (χ1v) is 7.85. The lowest BCUT2D eigenvalue weighted by Crippen LogP contribution is -2.49. The second-order valence-corrected chi connectivity index (χ2v) is 6.23. The van der Waals surface area contributed by atoms with E-state index in [0.29, 0.717) is 22.3 Å². The van der Waals surface area contributed by atoms with Gasteiger partial charge >= 0.3 is 0 Å². The van der Waals surface area contributed by atoms with E-state index in [2.05, 4.69) is 5.32 Å². The van der Waals surface area contributed by atoms with Crippen LogP contribution in [0.3, 0.4) is 0 Å².